The maximum absolute atomic E-state index is 4.60. The lowest BCUT2D eigenvalue weighted by Crippen LogP contribution is -2.16. The Labute approximate surface area is 96.4 Å². The molecule has 0 amide bonds. The number of thiazole rings is 1. The molecule has 84 valence electrons. The standard InChI is InChI=1S/C12H20N2S/c1-9(2)6-13-7-11-14-10(8-15-11)12(3,4)5/h8,13H,1,6-7H2,2-5H3. The van der Waals surface area contributed by atoms with Gasteiger partial charge in [0, 0.05) is 23.9 Å². The lowest BCUT2D eigenvalue weighted by atomic mass is 9.93. The molecular weight excluding hydrogens is 204 g/mol. The van der Waals surface area contributed by atoms with Crippen LogP contribution in [-0.2, 0) is 12.0 Å². The summed E-state index contributed by atoms with van der Waals surface area (Å²) in [5.41, 5.74) is 2.49. The Hall–Kier alpha value is -0.670. The van der Waals surface area contributed by atoms with Crippen LogP contribution in [0.2, 0.25) is 0 Å². The Bertz CT molecular complexity index is 334. The summed E-state index contributed by atoms with van der Waals surface area (Å²) in [6, 6.07) is 0. The molecule has 3 heteroatoms. The van der Waals surface area contributed by atoms with Crippen molar-refractivity contribution in [1.82, 2.24) is 10.3 Å². The van der Waals surface area contributed by atoms with Gasteiger partial charge >= 0.3 is 0 Å². The number of nitrogens with zero attached hydrogens (tertiary/aromatic N) is 1. The van der Waals surface area contributed by atoms with E-state index in [2.05, 4.69) is 43.0 Å². The van der Waals surface area contributed by atoms with Crippen molar-refractivity contribution in [2.45, 2.75) is 39.7 Å². The molecule has 15 heavy (non-hydrogen) atoms. The van der Waals surface area contributed by atoms with Crippen molar-refractivity contribution >= 4 is 11.3 Å². The lowest BCUT2D eigenvalue weighted by Gasteiger charge is -2.14. The Morgan fingerprint density at radius 1 is 1.53 bits per heavy atom. The van der Waals surface area contributed by atoms with Gasteiger partial charge in [0.25, 0.3) is 0 Å². The molecule has 1 N–H and O–H groups in total. The smallest absolute Gasteiger partial charge is 0.107 e. The fourth-order valence-electron chi connectivity index (χ4n) is 1.12. The summed E-state index contributed by atoms with van der Waals surface area (Å²) < 4.78 is 0. The molecule has 1 aromatic rings. The highest BCUT2D eigenvalue weighted by atomic mass is 32.1. The summed E-state index contributed by atoms with van der Waals surface area (Å²) >= 11 is 1.72. The minimum absolute atomic E-state index is 0.156. The second-order valence-corrected chi connectivity index (χ2v) is 5.88. The molecule has 2 nitrogen and oxygen atoms in total. The van der Waals surface area contributed by atoms with E-state index in [1.165, 1.54) is 5.69 Å². The van der Waals surface area contributed by atoms with E-state index in [1.54, 1.807) is 11.3 Å². The zero-order valence-corrected chi connectivity index (χ0v) is 10.9. The van der Waals surface area contributed by atoms with Crippen LogP contribution >= 0.6 is 11.3 Å². The number of aromatic nitrogens is 1. The van der Waals surface area contributed by atoms with Crippen LogP contribution in [-0.4, -0.2) is 11.5 Å². The van der Waals surface area contributed by atoms with Gasteiger partial charge in [-0.2, -0.15) is 0 Å². The van der Waals surface area contributed by atoms with Crippen LogP contribution in [0.15, 0.2) is 17.5 Å². The third-order valence-corrected chi connectivity index (χ3v) is 2.87. The van der Waals surface area contributed by atoms with Gasteiger partial charge in [0.1, 0.15) is 5.01 Å². The highest BCUT2D eigenvalue weighted by Gasteiger charge is 2.16. The summed E-state index contributed by atoms with van der Waals surface area (Å²) in [7, 11) is 0. The van der Waals surface area contributed by atoms with E-state index in [-0.39, 0.29) is 5.41 Å². The molecule has 0 aliphatic heterocycles. The van der Waals surface area contributed by atoms with Crippen LogP contribution in [0.4, 0.5) is 0 Å². The maximum atomic E-state index is 4.60. The fourth-order valence-corrected chi connectivity index (χ4v) is 2.11. The van der Waals surface area contributed by atoms with Gasteiger partial charge in [-0.15, -0.1) is 11.3 Å². The van der Waals surface area contributed by atoms with Crippen LogP contribution in [0.1, 0.15) is 38.4 Å². The van der Waals surface area contributed by atoms with Crippen LogP contribution in [0.25, 0.3) is 0 Å². The summed E-state index contributed by atoms with van der Waals surface area (Å²) in [4.78, 5) is 4.60. The van der Waals surface area contributed by atoms with Crippen molar-refractivity contribution in [3.8, 4) is 0 Å². The quantitative estimate of drug-likeness (QED) is 0.795. The number of rotatable bonds is 4. The molecule has 1 rings (SSSR count). The Balaban J connectivity index is 2.50. The maximum Gasteiger partial charge on any atom is 0.107 e. The molecule has 0 spiro atoms. The van der Waals surface area contributed by atoms with Gasteiger partial charge in [0.15, 0.2) is 0 Å². The molecule has 0 aliphatic rings. The van der Waals surface area contributed by atoms with E-state index >= 15 is 0 Å². The third kappa shape index (κ3) is 4.14. The topological polar surface area (TPSA) is 24.9 Å². The molecule has 0 aromatic carbocycles. The lowest BCUT2D eigenvalue weighted by molar-refractivity contribution is 0.569. The van der Waals surface area contributed by atoms with E-state index in [9.17, 15) is 0 Å². The monoisotopic (exact) mass is 224 g/mol. The van der Waals surface area contributed by atoms with Gasteiger partial charge in [-0.3, -0.25) is 0 Å². The Kier molecular flexibility index (Phi) is 4.05. The number of hydrogen-bond acceptors (Lipinski definition) is 3. The van der Waals surface area contributed by atoms with Crippen molar-refractivity contribution in [1.29, 1.82) is 0 Å². The largest absolute Gasteiger partial charge is 0.307 e. The van der Waals surface area contributed by atoms with Crippen molar-refractivity contribution in [3.05, 3.63) is 28.2 Å². The summed E-state index contributed by atoms with van der Waals surface area (Å²) in [6.45, 7) is 14.1. The second-order valence-electron chi connectivity index (χ2n) is 4.94. The molecule has 0 fully saturated rings. The van der Waals surface area contributed by atoms with Gasteiger partial charge in [-0.1, -0.05) is 32.9 Å². The predicted molar refractivity (Wildman–Crippen MR) is 67.3 cm³/mol. The molecule has 0 unspecified atom stereocenters. The van der Waals surface area contributed by atoms with Gasteiger partial charge in [-0.25, -0.2) is 4.98 Å². The van der Waals surface area contributed by atoms with Gasteiger partial charge in [0.05, 0.1) is 5.69 Å². The first kappa shape index (κ1) is 12.4. The van der Waals surface area contributed by atoms with Crippen molar-refractivity contribution in [2.75, 3.05) is 6.54 Å². The SMILES string of the molecule is C=C(C)CNCc1nc(C(C)(C)C)cs1. The molecular formula is C12H20N2S. The predicted octanol–water partition coefficient (Wildman–Crippen LogP) is 3.11. The highest BCUT2D eigenvalue weighted by molar-refractivity contribution is 7.09. The van der Waals surface area contributed by atoms with Gasteiger partial charge < -0.3 is 5.32 Å². The average molecular weight is 224 g/mol. The molecule has 0 radical (unpaired) electrons. The van der Waals surface area contributed by atoms with Gasteiger partial charge in [-0.05, 0) is 6.92 Å². The molecule has 1 heterocycles. The van der Waals surface area contributed by atoms with Crippen molar-refractivity contribution < 1.29 is 0 Å². The first-order valence-electron chi connectivity index (χ1n) is 5.19. The molecule has 0 saturated heterocycles. The fraction of sp³-hybridized carbons (Fsp3) is 0.583. The third-order valence-electron chi connectivity index (χ3n) is 2.02. The zero-order chi connectivity index (χ0) is 11.5. The molecule has 0 atom stereocenters. The summed E-state index contributed by atoms with van der Waals surface area (Å²) in [6.07, 6.45) is 0. The summed E-state index contributed by atoms with van der Waals surface area (Å²) in [5, 5.41) is 6.62. The normalized spacial score (nSPS) is 11.7. The Morgan fingerprint density at radius 2 is 2.20 bits per heavy atom. The van der Waals surface area contributed by atoms with Crippen LogP contribution in [0.3, 0.4) is 0 Å². The summed E-state index contributed by atoms with van der Waals surface area (Å²) in [5.74, 6) is 0. The van der Waals surface area contributed by atoms with E-state index in [0.717, 1.165) is 23.7 Å². The van der Waals surface area contributed by atoms with E-state index in [0.29, 0.717) is 0 Å². The minimum Gasteiger partial charge on any atom is -0.307 e. The van der Waals surface area contributed by atoms with Crippen molar-refractivity contribution in [3.63, 3.8) is 0 Å². The number of hydrogen-bond donors (Lipinski definition) is 1. The van der Waals surface area contributed by atoms with Crippen LogP contribution in [0.5, 0.6) is 0 Å². The molecule has 0 saturated carbocycles. The average Bonchev–Trinajstić information content (AvgIpc) is 2.51. The van der Waals surface area contributed by atoms with Crippen LogP contribution in [0, 0.1) is 0 Å². The number of nitrogens with one attached hydrogen (secondary N) is 1. The van der Waals surface area contributed by atoms with Crippen LogP contribution < -0.4 is 5.32 Å². The second kappa shape index (κ2) is 4.90. The first-order chi connectivity index (χ1) is 6.89. The van der Waals surface area contributed by atoms with Gasteiger partial charge in [0.2, 0.25) is 0 Å². The Morgan fingerprint density at radius 3 is 2.67 bits per heavy atom. The van der Waals surface area contributed by atoms with E-state index in [1.807, 2.05) is 6.92 Å². The van der Waals surface area contributed by atoms with E-state index in [4.69, 9.17) is 0 Å². The molecule has 0 aliphatic carbocycles. The van der Waals surface area contributed by atoms with Crippen molar-refractivity contribution in [2.24, 2.45) is 0 Å². The molecule has 0 bridgehead atoms. The zero-order valence-electron chi connectivity index (χ0n) is 10.1. The first-order valence-corrected chi connectivity index (χ1v) is 6.07. The van der Waals surface area contributed by atoms with E-state index < -0.39 is 0 Å². The molecule has 1 aromatic heterocycles. The highest BCUT2D eigenvalue weighted by Crippen LogP contribution is 2.23. The minimum atomic E-state index is 0.156.